The fourth-order valence-corrected chi connectivity index (χ4v) is 1.21. The van der Waals surface area contributed by atoms with Crippen molar-refractivity contribution in [1.29, 1.82) is 0 Å². The number of rotatable bonds is 3. The molecular weight excluding hydrogens is 196 g/mol. The van der Waals surface area contributed by atoms with Crippen LogP contribution in [-0.2, 0) is 4.74 Å². The highest BCUT2D eigenvalue weighted by molar-refractivity contribution is 5.92. The van der Waals surface area contributed by atoms with Gasteiger partial charge in [-0.15, -0.1) is 0 Å². The Hall–Kier alpha value is -1.88. The van der Waals surface area contributed by atoms with Crippen molar-refractivity contribution in [2.75, 3.05) is 7.11 Å². The van der Waals surface area contributed by atoms with Crippen molar-refractivity contribution in [2.45, 2.75) is 6.92 Å². The summed E-state index contributed by atoms with van der Waals surface area (Å²) in [5.74, 6) is -0.365. The number of methoxy groups -OCH3 is 1. The maximum atomic E-state index is 11.3. The summed E-state index contributed by atoms with van der Waals surface area (Å²) >= 11 is 0. The van der Waals surface area contributed by atoms with E-state index in [2.05, 4.69) is 9.84 Å². The zero-order valence-corrected chi connectivity index (χ0v) is 8.52. The molecule has 0 aromatic heterocycles. The Morgan fingerprint density at radius 3 is 2.87 bits per heavy atom. The van der Waals surface area contributed by atoms with Crippen LogP contribution in [0.1, 0.15) is 21.5 Å². The average molecular weight is 208 g/mol. The summed E-state index contributed by atoms with van der Waals surface area (Å²) in [5.41, 5.74) is 3.76. The second-order valence-corrected chi connectivity index (χ2v) is 2.92. The fraction of sp³-hybridized carbons (Fsp3) is 0.200. The lowest BCUT2D eigenvalue weighted by Gasteiger charge is -2.03. The molecule has 1 rings (SSSR count). The highest BCUT2D eigenvalue weighted by atomic mass is 16.5. The van der Waals surface area contributed by atoms with E-state index in [-0.39, 0.29) is 5.97 Å². The molecule has 1 aromatic carbocycles. The number of carbonyl (C=O) groups is 1. The molecule has 5 nitrogen and oxygen atoms in total. The Kier molecular flexibility index (Phi) is 3.82. The van der Waals surface area contributed by atoms with E-state index in [1.807, 2.05) is 0 Å². The van der Waals surface area contributed by atoms with E-state index in [0.717, 1.165) is 11.1 Å². The Morgan fingerprint density at radius 1 is 1.60 bits per heavy atom. The number of aryl methyl sites for hydroxylation is 1. The average Bonchev–Trinajstić information content (AvgIpc) is 2.25. The van der Waals surface area contributed by atoms with Gasteiger partial charge < -0.3 is 4.74 Å². The van der Waals surface area contributed by atoms with Gasteiger partial charge in [-0.05, 0) is 30.2 Å². The van der Waals surface area contributed by atoms with Crippen molar-refractivity contribution in [3.05, 3.63) is 34.9 Å². The van der Waals surface area contributed by atoms with E-state index >= 15 is 0 Å². The van der Waals surface area contributed by atoms with Gasteiger partial charge in [0.05, 0.1) is 18.9 Å². The molecular formula is C10H12N2O3. The van der Waals surface area contributed by atoms with E-state index in [9.17, 15) is 4.79 Å². The first-order chi connectivity index (χ1) is 7.19. The lowest BCUT2D eigenvalue weighted by atomic mass is 10.1. The summed E-state index contributed by atoms with van der Waals surface area (Å²) in [6, 6.07) is 5.13. The molecule has 0 saturated heterocycles. The number of esters is 1. The summed E-state index contributed by atoms with van der Waals surface area (Å²) in [7, 11) is 1.34. The minimum Gasteiger partial charge on any atom is -0.465 e. The highest BCUT2D eigenvalue weighted by Gasteiger charge is 2.08. The third kappa shape index (κ3) is 2.78. The van der Waals surface area contributed by atoms with E-state index in [1.54, 1.807) is 30.7 Å². The summed E-state index contributed by atoms with van der Waals surface area (Å²) < 4.78 is 4.61. The molecule has 2 N–H and O–H groups in total. The first-order valence-corrected chi connectivity index (χ1v) is 4.30. The van der Waals surface area contributed by atoms with Crippen molar-refractivity contribution < 1.29 is 14.7 Å². The van der Waals surface area contributed by atoms with Crippen LogP contribution in [0.4, 0.5) is 0 Å². The molecule has 0 bridgehead atoms. The maximum absolute atomic E-state index is 11.3. The summed E-state index contributed by atoms with van der Waals surface area (Å²) in [6.07, 6.45) is 1.44. The minimum absolute atomic E-state index is 0.365. The largest absolute Gasteiger partial charge is 0.465 e. The van der Waals surface area contributed by atoms with Crippen molar-refractivity contribution in [2.24, 2.45) is 5.10 Å². The Labute approximate surface area is 87.3 Å². The van der Waals surface area contributed by atoms with E-state index in [1.165, 1.54) is 13.3 Å². The molecule has 0 spiro atoms. The molecule has 80 valence electrons. The van der Waals surface area contributed by atoms with Crippen LogP contribution in [0.15, 0.2) is 23.3 Å². The van der Waals surface area contributed by atoms with Crippen molar-refractivity contribution in [3.8, 4) is 0 Å². The van der Waals surface area contributed by atoms with Crippen LogP contribution in [0.5, 0.6) is 0 Å². The van der Waals surface area contributed by atoms with Crippen molar-refractivity contribution >= 4 is 12.2 Å². The second kappa shape index (κ2) is 5.11. The number of nitrogens with zero attached hydrogens (tertiary/aromatic N) is 1. The van der Waals surface area contributed by atoms with E-state index in [4.69, 9.17) is 5.21 Å². The molecule has 0 atom stereocenters. The Balaban J connectivity index is 2.98. The van der Waals surface area contributed by atoms with Crippen LogP contribution in [0.25, 0.3) is 0 Å². The molecule has 0 aliphatic carbocycles. The minimum atomic E-state index is -0.365. The Morgan fingerprint density at radius 2 is 2.33 bits per heavy atom. The van der Waals surface area contributed by atoms with Gasteiger partial charge in [-0.25, -0.2) is 4.79 Å². The maximum Gasteiger partial charge on any atom is 0.338 e. The van der Waals surface area contributed by atoms with Gasteiger partial charge in [0.15, 0.2) is 0 Å². The quantitative estimate of drug-likeness (QED) is 0.443. The smallest absolute Gasteiger partial charge is 0.338 e. The predicted molar refractivity (Wildman–Crippen MR) is 55.0 cm³/mol. The van der Waals surface area contributed by atoms with Gasteiger partial charge in [0.1, 0.15) is 0 Å². The second-order valence-electron chi connectivity index (χ2n) is 2.92. The normalized spacial score (nSPS) is 10.3. The number of nitrogens with one attached hydrogen (secondary N) is 1. The molecule has 0 aliphatic rings. The molecule has 0 fully saturated rings. The van der Waals surface area contributed by atoms with Gasteiger partial charge in [-0.3, -0.25) is 5.21 Å². The third-order valence-electron chi connectivity index (χ3n) is 1.93. The van der Waals surface area contributed by atoms with Crippen molar-refractivity contribution in [1.82, 2.24) is 5.59 Å². The lowest BCUT2D eigenvalue weighted by Crippen LogP contribution is -2.04. The van der Waals surface area contributed by atoms with E-state index < -0.39 is 0 Å². The molecule has 0 unspecified atom stereocenters. The predicted octanol–water partition coefficient (Wildman–Crippen LogP) is 1.09. The Bertz CT molecular complexity index is 388. The number of hydrazone groups is 1. The summed E-state index contributed by atoms with van der Waals surface area (Å²) in [6.45, 7) is 1.80. The fourth-order valence-electron chi connectivity index (χ4n) is 1.21. The molecule has 0 saturated carbocycles. The zero-order valence-electron chi connectivity index (χ0n) is 8.52. The van der Waals surface area contributed by atoms with Gasteiger partial charge in [-0.2, -0.15) is 10.7 Å². The lowest BCUT2D eigenvalue weighted by molar-refractivity contribution is 0.0600. The van der Waals surface area contributed by atoms with Crippen LogP contribution in [0, 0.1) is 6.92 Å². The van der Waals surface area contributed by atoms with Crippen LogP contribution >= 0.6 is 0 Å². The van der Waals surface area contributed by atoms with Gasteiger partial charge >= 0.3 is 5.97 Å². The van der Waals surface area contributed by atoms with Crippen LogP contribution in [-0.4, -0.2) is 24.5 Å². The number of ether oxygens (including phenoxy) is 1. The van der Waals surface area contributed by atoms with Gasteiger partial charge in [0.25, 0.3) is 0 Å². The molecule has 1 aromatic rings. The zero-order chi connectivity index (χ0) is 11.3. The SMILES string of the molecule is COC(=O)c1ccc(/C=N\NO)cc1C. The van der Waals surface area contributed by atoms with Crippen LogP contribution in [0.3, 0.4) is 0 Å². The number of hydrogen-bond acceptors (Lipinski definition) is 5. The molecule has 0 amide bonds. The van der Waals surface area contributed by atoms with Crippen molar-refractivity contribution in [3.63, 3.8) is 0 Å². The van der Waals surface area contributed by atoms with Crippen LogP contribution < -0.4 is 5.59 Å². The monoisotopic (exact) mass is 208 g/mol. The first kappa shape index (κ1) is 11.2. The third-order valence-corrected chi connectivity index (χ3v) is 1.93. The first-order valence-electron chi connectivity index (χ1n) is 4.30. The highest BCUT2D eigenvalue weighted by Crippen LogP contribution is 2.10. The van der Waals surface area contributed by atoms with Gasteiger partial charge in [0, 0.05) is 0 Å². The molecule has 0 heterocycles. The number of carbonyl (C=O) groups excluding carboxylic acids is 1. The molecule has 5 heteroatoms. The molecule has 0 aliphatic heterocycles. The van der Waals surface area contributed by atoms with Gasteiger partial charge in [0.2, 0.25) is 0 Å². The number of hydrogen-bond donors (Lipinski definition) is 2. The number of benzene rings is 1. The van der Waals surface area contributed by atoms with Gasteiger partial charge in [-0.1, -0.05) is 6.07 Å². The molecule has 0 radical (unpaired) electrons. The van der Waals surface area contributed by atoms with E-state index in [0.29, 0.717) is 5.56 Å². The summed E-state index contributed by atoms with van der Waals surface area (Å²) in [4.78, 5) is 11.3. The molecule has 15 heavy (non-hydrogen) atoms. The standard InChI is InChI=1S/C10H12N2O3/c1-7-5-8(6-11-12-14)3-4-9(7)10(13)15-2/h3-6,12,14H,1-2H3/b11-6-. The topological polar surface area (TPSA) is 70.9 Å². The summed E-state index contributed by atoms with van der Waals surface area (Å²) in [5, 5.41) is 11.7. The van der Waals surface area contributed by atoms with Crippen LogP contribution in [0.2, 0.25) is 0 Å².